The highest BCUT2D eigenvalue weighted by atomic mass is 35.5. The summed E-state index contributed by atoms with van der Waals surface area (Å²) in [6, 6.07) is 6.24. The van der Waals surface area contributed by atoms with Crippen molar-refractivity contribution < 1.29 is 4.79 Å². The zero-order valence-corrected chi connectivity index (χ0v) is 14.2. The lowest BCUT2D eigenvalue weighted by Crippen LogP contribution is -2.28. The maximum atomic E-state index is 12.1. The SMILES string of the molecule is CCCCc1cc(=O)n(CC(=O)Nc2cc(Cl)ccc2Cl)cn1. The predicted molar refractivity (Wildman–Crippen MR) is 92.2 cm³/mol. The number of benzene rings is 1. The number of hydrogen-bond donors (Lipinski definition) is 1. The molecule has 0 radical (unpaired) electrons. The number of aromatic nitrogens is 2. The van der Waals surface area contributed by atoms with Crippen molar-refractivity contribution >= 4 is 34.8 Å². The number of nitrogens with zero attached hydrogens (tertiary/aromatic N) is 2. The standard InChI is InChI=1S/C16H17Cl2N3O2/c1-2-3-4-12-8-16(23)21(10-19-12)9-15(22)20-14-7-11(17)5-6-13(14)18/h5-8,10H,2-4,9H2,1H3,(H,20,22). The van der Waals surface area contributed by atoms with Gasteiger partial charge in [-0.3, -0.25) is 14.2 Å². The third-order valence-corrected chi connectivity index (χ3v) is 3.80. The van der Waals surface area contributed by atoms with Crippen molar-refractivity contribution in [3.63, 3.8) is 0 Å². The average molecular weight is 354 g/mol. The zero-order chi connectivity index (χ0) is 16.8. The van der Waals surface area contributed by atoms with Crippen molar-refractivity contribution in [1.29, 1.82) is 0 Å². The van der Waals surface area contributed by atoms with E-state index in [4.69, 9.17) is 23.2 Å². The number of nitrogens with one attached hydrogen (secondary N) is 1. The second-order valence-electron chi connectivity index (χ2n) is 5.12. The molecule has 0 spiro atoms. The van der Waals surface area contributed by atoms with Crippen LogP contribution in [0.1, 0.15) is 25.5 Å². The van der Waals surface area contributed by atoms with Gasteiger partial charge in [-0.2, -0.15) is 0 Å². The summed E-state index contributed by atoms with van der Waals surface area (Å²) in [6.07, 6.45) is 4.17. The summed E-state index contributed by atoms with van der Waals surface area (Å²) in [5.41, 5.74) is 0.898. The van der Waals surface area contributed by atoms with Crippen LogP contribution < -0.4 is 10.9 Å². The van der Waals surface area contributed by atoms with Crippen LogP contribution in [0.3, 0.4) is 0 Å². The first-order valence-corrected chi connectivity index (χ1v) is 8.05. The fourth-order valence-corrected chi connectivity index (χ4v) is 2.35. The Labute approximate surface area is 144 Å². The minimum atomic E-state index is -0.376. The fourth-order valence-electron chi connectivity index (χ4n) is 2.01. The topological polar surface area (TPSA) is 64.0 Å². The van der Waals surface area contributed by atoms with E-state index in [0.29, 0.717) is 15.7 Å². The average Bonchev–Trinajstić information content (AvgIpc) is 2.51. The minimum Gasteiger partial charge on any atom is -0.323 e. The van der Waals surface area contributed by atoms with Gasteiger partial charge in [0.05, 0.1) is 17.0 Å². The molecular formula is C16H17Cl2N3O2. The normalized spacial score (nSPS) is 10.6. The fraction of sp³-hybridized carbons (Fsp3) is 0.312. The highest BCUT2D eigenvalue weighted by Gasteiger charge is 2.09. The Bertz CT molecular complexity index is 759. The van der Waals surface area contributed by atoms with E-state index in [0.717, 1.165) is 25.0 Å². The molecular weight excluding hydrogens is 337 g/mol. The number of anilines is 1. The van der Waals surface area contributed by atoms with E-state index >= 15 is 0 Å². The lowest BCUT2D eigenvalue weighted by atomic mass is 10.2. The smallest absolute Gasteiger partial charge is 0.253 e. The number of carbonyl (C=O) groups excluding carboxylic acids is 1. The van der Waals surface area contributed by atoms with Crippen LogP contribution in [-0.4, -0.2) is 15.5 Å². The number of carbonyl (C=O) groups is 1. The van der Waals surface area contributed by atoms with Crippen LogP contribution in [0.5, 0.6) is 0 Å². The van der Waals surface area contributed by atoms with Gasteiger partial charge in [0.2, 0.25) is 5.91 Å². The monoisotopic (exact) mass is 353 g/mol. The van der Waals surface area contributed by atoms with Gasteiger partial charge in [-0.05, 0) is 31.0 Å². The third-order valence-electron chi connectivity index (χ3n) is 3.24. The Morgan fingerprint density at radius 2 is 2.09 bits per heavy atom. The molecule has 1 aromatic heterocycles. The van der Waals surface area contributed by atoms with Crippen molar-refractivity contribution in [1.82, 2.24) is 9.55 Å². The molecule has 1 amide bonds. The summed E-state index contributed by atoms with van der Waals surface area (Å²) in [4.78, 5) is 28.3. The van der Waals surface area contributed by atoms with Crippen LogP contribution in [0.2, 0.25) is 10.0 Å². The zero-order valence-electron chi connectivity index (χ0n) is 12.7. The molecule has 1 heterocycles. The molecule has 0 aliphatic heterocycles. The van der Waals surface area contributed by atoms with Crippen molar-refractivity contribution in [2.75, 3.05) is 5.32 Å². The van der Waals surface area contributed by atoms with Crippen LogP contribution >= 0.6 is 23.2 Å². The molecule has 0 bridgehead atoms. The molecule has 0 saturated carbocycles. The molecule has 0 aliphatic rings. The van der Waals surface area contributed by atoms with E-state index in [1.165, 1.54) is 17.0 Å². The second-order valence-corrected chi connectivity index (χ2v) is 5.97. The molecule has 1 N–H and O–H groups in total. The van der Waals surface area contributed by atoms with Crippen LogP contribution in [0.4, 0.5) is 5.69 Å². The highest BCUT2D eigenvalue weighted by Crippen LogP contribution is 2.25. The Hall–Kier alpha value is -1.85. The van der Waals surface area contributed by atoms with E-state index in [1.54, 1.807) is 18.2 Å². The van der Waals surface area contributed by atoms with Gasteiger partial charge in [-0.1, -0.05) is 36.5 Å². The maximum Gasteiger partial charge on any atom is 0.253 e. The van der Waals surface area contributed by atoms with E-state index in [1.807, 2.05) is 0 Å². The third kappa shape index (κ3) is 5.08. The molecule has 0 atom stereocenters. The molecule has 0 unspecified atom stereocenters. The number of aryl methyl sites for hydroxylation is 1. The molecule has 1 aromatic carbocycles. The van der Waals surface area contributed by atoms with E-state index in [9.17, 15) is 9.59 Å². The van der Waals surface area contributed by atoms with Crippen LogP contribution in [0.15, 0.2) is 35.4 Å². The minimum absolute atomic E-state index is 0.136. The van der Waals surface area contributed by atoms with Crippen molar-refractivity contribution in [3.8, 4) is 0 Å². The van der Waals surface area contributed by atoms with Gasteiger partial charge in [0.25, 0.3) is 5.56 Å². The lowest BCUT2D eigenvalue weighted by Gasteiger charge is -2.09. The number of rotatable bonds is 6. The van der Waals surface area contributed by atoms with E-state index in [2.05, 4.69) is 17.2 Å². The molecule has 2 rings (SSSR count). The largest absolute Gasteiger partial charge is 0.323 e. The van der Waals surface area contributed by atoms with Gasteiger partial charge in [0.1, 0.15) is 6.54 Å². The predicted octanol–water partition coefficient (Wildman–Crippen LogP) is 3.53. The molecule has 7 heteroatoms. The first-order valence-electron chi connectivity index (χ1n) is 7.30. The van der Waals surface area contributed by atoms with Gasteiger partial charge < -0.3 is 5.32 Å². The van der Waals surface area contributed by atoms with Gasteiger partial charge in [0.15, 0.2) is 0 Å². The molecule has 23 heavy (non-hydrogen) atoms. The van der Waals surface area contributed by atoms with Crippen molar-refractivity contribution in [2.45, 2.75) is 32.7 Å². The first kappa shape index (κ1) is 17.5. The summed E-state index contributed by atoms with van der Waals surface area (Å²) in [7, 11) is 0. The van der Waals surface area contributed by atoms with Crippen molar-refractivity contribution in [2.24, 2.45) is 0 Å². The molecule has 0 fully saturated rings. The summed E-state index contributed by atoms with van der Waals surface area (Å²) in [5, 5.41) is 3.47. The molecule has 5 nitrogen and oxygen atoms in total. The lowest BCUT2D eigenvalue weighted by molar-refractivity contribution is -0.116. The van der Waals surface area contributed by atoms with Gasteiger partial charge in [0, 0.05) is 16.8 Å². The molecule has 122 valence electrons. The van der Waals surface area contributed by atoms with Gasteiger partial charge in [-0.15, -0.1) is 0 Å². The van der Waals surface area contributed by atoms with Crippen LogP contribution in [-0.2, 0) is 17.8 Å². The van der Waals surface area contributed by atoms with Crippen LogP contribution in [0.25, 0.3) is 0 Å². The van der Waals surface area contributed by atoms with Gasteiger partial charge in [-0.25, -0.2) is 4.98 Å². The molecule has 0 saturated heterocycles. The Morgan fingerprint density at radius 3 is 2.78 bits per heavy atom. The summed E-state index contributed by atoms with van der Waals surface area (Å²) >= 11 is 11.9. The Morgan fingerprint density at radius 1 is 1.30 bits per heavy atom. The first-order chi connectivity index (χ1) is 11.0. The van der Waals surface area contributed by atoms with Crippen molar-refractivity contribution in [3.05, 3.63) is 56.7 Å². The summed E-state index contributed by atoms with van der Waals surface area (Å²) < 4.78 is 1.25. The van der Waals surface area contributed by atoms with E-state index < -0.39 is 0 Å². The van der Waals surface area contributed by atoms with E-state index in [-0.39, 0.29) is 18.0 Å². The second kappa shape index (κ2) is 8.13. The summed E-state index contributed by atoms with van der Waals surface area (Å²) in [5.74, 6) is -0.376. The molecule has 0 aliphatic carbocycles. The Kier molecular flexibility index (Phi) is 6.19. The quantitative estimate of drug-likeness (QED) is 0.863. The Balaban J connectivity index is 2.05. The highest BCUT2D eigenvalue weighted by molar-refractivity contribution is 6.35. The molecule has 2 aromatic rings. The number of unbranched alkanes of at least 4 members (excludes halogenated alkanes) is 1. The maximum absolute atomic E-state index is 12.1. The van der Waals surface area contributed by atoms with Gasteiger partial charge >= 0.3 is 0 Å². The van der Waals surface area contributed by atoms with Crippen LogP contribution in [0, 0.1) is 0 Å². The summed E-state index contributed by atoms with van der Waals surface area (Å²) in [6.45, 7) is 1.94. The number of halogens is 2. The number of amides is 1. The number of hydrogen-bond acceptors (Lipinski definition) is 3.